The highest BCUT2D eigenvalue weighted by Gasteiger charge is 2.22. The number of hydrogen-bond donors (Lipinski definition) is 2. The van der Waals surface area contributed by atoms with Crippen molar-refractivity contribution in [3.63, 3.8) is 0 Å². The zero-order chi connectivity index (χ0) is 13.0. The van der Waals surface area contributed by atoms with Gasteiger partial charge in [-0.25, -0.2) is 5.10 Å². The van der Waals surface area contributed by atoms with Gasteiger partial charge < -0.3 is 10.0 Å². The van der Waals surface area contributed by atoms with Gasteiger partial charge in [0.05, 0.1) is 6.61 Å². The van der Waals surface area contributed by atoms with Gasteiger partial charge in [0.2, 0.25) is 0 Å². The average Bonchev–Trinajstić information content (AvgIpc) is 2.40. The van der Waals surface area contributed by atoms with Crippen LogP contribution in [0.5, 0.6) is 0 Å². The standard InChI is InChI=1S/C11H16N4O3/c16-8-7-14-3-5-15(6-4-14)11(18)9-1-2-10(17)13-12-9/h1-2,16H,3-8H2,(H,13,17). The molecule has 1 amide bonds. The molecule has 1 aliphatic rings. The Hall–Kier alpha value is -1.73. The van der Waals surface area contributed by atoms with E-state index in [1.165, 1.54) is 12.1 Å². The first-order chi connectivity index (χ1) is 8.70. The van der Waals surface area contributed by atoms with Crippen LogP contribution in [0.15, 0.2) is 16.9 Å². The molecule has 0 unspecified atom stereocenters. The third kappa shape index (κ3) is 2.93. The lowest BCUT2D eigenvalue weighted by molar-refractivity contribution is 0.0608. The second-order valence-electron chi connectivity index (χ2n) is 4.16. The molecular weight excluding hydrogens is 236 g/mol. The normalized spacial score (nSPS) is 16.8. The van der Waals surface area contributed by atoms with Crippen molar-refractivity contribution in [2.45, 2.75) is 0 Å². The van der Waals surface area contributed by atoms with Crippen LogP contribution < -0.4 is 5.56 Å². The van der Waals surface area contributed by atoms with Gasteiger partial charge >= 0.3 is 0 Å². The Kier molecular flexibility index (Phi) is 4.06. The van der Waals surface area contributed by atoms with Crippen LogP contribution in [0.3, 0.4) is 0 Å². The number of aliphatic hydroxyl groups is 1. The minimum atomic E-state index is -0.320. The molecule has 1 fully saturated rings. The van der Waals surface area contributed by atoms with Gasteiger partial charge in [-0.1, -0.05) is 0 Å². The summed E-state index contributed by atoms with van der Waals surface area (Å²) < 4.78 is 0. The molecule has 2 heterocycles. The summed E-state index contributed by atoms with van der Waals surface area (Å²) in [5, 5.41) is 14.8. The Morgan fingerprint density at radius 2 is 2.06 bits per heavy atom. The highest BCUT2D eigenvalue weighted by molar-refractivity contribution is 5.92. The summed E-state index contributed by atoms with van der Waals surface area (Å²) in [6.07, 6.45) is 0. The molecule has 2 rings (SSSR count). The SMILES string of the molecule is O=C(c1ccc(=O)[nH]n1)N1CCN(CCO)CC1. The van der Waals surface area contributed by atoms with Gasteiger partial charge in [-0.2, -0.15) is 5.10 Å². The Labute approximate surface area is 104 Å². The number of rotatable bonds is 3. The molecule has 1 saturated heterocycles. The molecule has 7 heteroatoms. The molecule has 0 bridgehead atoms. The number of amides is 1. The molecule has 0 saturated carbocycles. The molecule has 98 valence electrons. The van der Waals surface area contributed by atoms with Gasteiger partial charge in [0.15, 0.2) is 0 Å². The summed E-state index contributed by atoms with van der Waals surface area (Å²) in [7, 11) is 0. The maximum Gasteiger partial charge on any atom is 0.274 e. The highest BCUT2D eigenvalue weighted by Crippen LogP contribution is 2.05. The van der Waals surface area contributed by atoms with E-state index in [-0.39, 0.29) is 23.8 Å². The van der Waals surface area contributed by atoms with Crippen molar-refractivity contribution in [3.05, 3.63) is 28.2 Å². The number of β-amino-alcohol motifs (C(OH)–C–C–N with tert-alkyl or cyclic N) is 1. The lowest BCUT2D eigenvalue weighted by atomic mass is 10.2. The Morgan fingerprint density at radius 3 is 2.61 bits per heavy atom. The fourth-order valence-corrected chi connectivity index (χ4v) is 1.94. The lowest BCUT2D eigenvalue weighted by Crippen LogP contribution is -2.49. The van der Waals surface area contributed by atoms with Gasteiger partial charge in [-0.15, -0.1) is 0 Å². The summed E-state index contributed by atoms with van der Waals surface area (Å²) in [6, 6.07) is 2.73. The largest absolute Gasteiger partial charge is 0.395 e. The van der Waals surface area contributed by atoms with Gasteiger partial charge in [-0.3, -0.25) is 14.5 Å². The second-order valence-corrected chi connectivity index (χ2v) is 4.16. The van der Waals surface area contributed by atoms with E-state index in [0.717, 1.165) is 13.1 Å². The monoisotopic (exact) mass is 252 g/mol. The minimum absolute atomic E-state index is 0.134. The molecule has 1 aliphatic heterocycles. The van der Waals surface area contributed by atoms with Gasteiger partial charge in [0, 0.05) is 38.8 Å². The molecule has 1 aromatic rings. The van der Waals surface area contributed by atoms with Crippen molar-refractivity contribution < 1.29 is 9.90 Å². The van der Waals surface area contributed by atoms with Crippen molar-refractivity contribution in [2.24, 2.45) is 0 Å². The number of carbonyl (C=O) groups is 1. The molecule has 0 aromatic carbocycles. The van der Waals surface area contributed by atoms with E-state index in [1.807, 2.05) is 0 Å². The van der Waals surface area contributed by atoms with Crippen LogP contribution >= 0.6 is 0 Å². The molecule has 0 spiro atoms. The van der Waals surface area contributed by atoms with Crippen LogP contribution in [0.4, 0.5) is 0 Å². The first kappa shape index (κ1) is 12.7. The number of nitrogens with one attached hydrogen (secondary N) is 1. The van der Waals surface area contributed by atoms with E-state index in [4.69, 9.17) is 5.11 Å². The Balaban J connectivity index is 1.95. The van der Waals surface area contributed by atoms with Crippen LogP contribution in [0.25, 0.3) is 0 Å². The molecule has 0 atom stereocenters. The number of aliphatic hydroxyl groups excluding tert-OH is 1. The summed E-state index contributed by atoms with van der Waals surface area (Å²) in [5.74, 6) is -0.171. The quantitative estimate of drug-likeness (QED) is 0.685. The van der Waals surface area contributed by atoms with Crippen molar-refractivity contribution in [1.29, 1.82) is 0 Å². The number of carbonyl (C=O) groups excluding carboxylic acids is 1. The first-order valence-electron chi connectivity index (χ1n) is 5.89. The molecular formula is C11H16N4O3. The summed E-state index contributed by atoms with van der Waals surface area (Å²) in [5.41, 5.74) is -0.0653. The summed E-state index contributed by atoms with van der Waals surface area (Å²) in [4.78, 5) is 26.7. The fourth-order valence-electron chi connectivity index (χ4n) is 1.94. The number of aromatic nitrogens is 2. The number of H-pyrrole nitrogens is 1. The van der Waals surface area contributed by atoms with Crippen LogP contribution in [0.1, 0.15) is 10.5 Å². The van der Waals surface area contributed by atoms with Gasteiger partial charge in [0.1, 0.15) is 5.69 Å². The molecule has 2 N–H and O–H groups in total. The van der Waals surface area contributed by atoms with Crippen molar-refractivity contribution in [2.75, 3.05) is 39.3 Å². The number of piperazine rings is 1. The van der Waals surface area contributed by atoms with Gasteiger partial charge in [-0.05, 0) is 6.07 Å². The zero-order valence-electron chi connectivity index (χ0n) is 10.0. The highest BCUT2D eigenvalue weighted by atomic mass is 16.3. The third-order valence-corrected chi connectivity index (χ3v) is 2.97. The number of hydrogen-bond acceptors (Lipinski definition) is 5. The fraction of sp³-hybridized carbons (Fsp3) is 0.545. The van der Waals surface area contributed by atoms with Crippen LogP contribution in [0, 0.1) is 0 Å². The second kappa shape index (κ2) is 5.74. The molecule has 0 radical (unpaired) electrons. The number of aromatic amines is 1. The van der Waals surface area contributed by atoms with E-state index in [1.54, 1.807) is 4.90 Å². The lowest BCUT2D eigenvalue weighted by Gasteiger charge is -2.34. The number of nitrogens with zero attached hydrogens (tertiary/aromatic N) is 3. The Morgan fingerprint density at radius 1 is 1.33 bits per heavy atom. The van der Waals surface area contributed by atoms with Crippen molar-refractivity contribution >= 4 is 5.91 Å². The zero-order valence-corrected chi connectivity index (χ0v) is 10.0. The van der Waals surface area contributed by atoms with Crippen LogP contribution in [-0.2, 0) is 0 Å². The van der Waals surface area contributed by atoms with Crippen molar-refractivity contribution in [1.82, 2.24) is 20.0 Å². The average molecular weight is 252 g/mol. The topological polar surface area (TPSA) is 89.5 Å². The summed E-state index contributed by atoms with van der Waals surface area (Å²) >= 11 is 0. The maximum absolute atomic E-state index is 12.0. The predicted octanol–water partition coefficient (Wildman–Crippen LogP) is -1.48. The molecule has 7 nitrogen and oxygen atoms in total. The van der Waals surface area contributed by atoms with E-state index >= 15 is 0 Å². The van der Waals surface area contributed by atoms with Crippen LogP contribution in [-0.4, -0.2) is 70.3 Å². The van der Waals surface area contributed by atoms with E-state index < -0.39 is 0 Å². The summed E-state index contributed by atoms with van der Waals surface area (Å²) in [6.45, 7) is 3.49. The maximum atomic E-state index is 12.0. The first-order valence-corrected chi connectivity index (χ1v) is 5.89. The predicted molar refractivity (Wildman–Crippen MR) is 64.3 cm³/mol. The minimum Gasteiger partial charge on any atom is -0.395 e. The van der Waals surface area contributed by atoms with E-state index in [2.05, 4.69) is 15.1 Å². The van der Waals surface area contributed by atoms with E-state index in [9.17, 15) is 9.59 Å². The third-order valence-electron chi connectivity index (χ3n) is 2.97. The van der Waals surface area contributed by atoms with Crippen molar-refractivity contribution in [3.8, 4) is 0 Å². The smallest absolute Gasteiger partial charge is 0.274 e. The Bertz CT molecular complexity index is 445. The molecule has 1 aromatic heterocycles. The molecule has 18 heavy (non-hydrogen) atoms. The molecule has 0 aliphatic carbocycles. The van der Waals surface area contributed by atoms with Crippen LogP contribution in [0.2, 0.25) is 0 Å². The van der Waals surface area contributed by atoms with E-state index in [0.29, 0.717) is 19.6 Å². The van der Waals surface area contributed by atoms with Gasteiger partial charge in [0.25, 0.3) is 11.5 Å².